The van der Waals surface area contributed by atoms with E-state index in [9.17, 15) is 7.77 Å². The van der Waals surface area contributed by atoms with Crippen LogP contribution in [-0.2, 0) is 6.42 Å². The van der Waals surface area contributed by atoms with Crippen molar-refractivity contribution in [3.63, 3.8) is 0 Å². The number of hydrogen-bond acceptors (Lipinski definition) is 1. The molecule has 1 nitrogen and oxygen atoms in total. The highest BCUT2D eigenvalue weighted by atomic mass is 32.3. The summed E-state index contributed by atoms with van der Waals surface area (Å²) in [7, 11) is -4.11. The zero-order chi connectivity index (χ0) is 13.1. The molecule has 0 aliphatic heterocycles. The van der Waals surface area contributed by atoms with Gasteiger partial charge in [0.2, 0.25) is 0 Å². The molecule has 0 unspecified atom stereocenters. The molecule has 0 spiro atoms. The Morgan fingerprint density at radius 3 is 2.53 bits per heavy atom. The van der Waals surface area contributed by atoms with Gasteiger partial charge < -0.3 is 5.73 Å². The van der Waals surface area contributed by atoms with Crippen LogP contribution < -0.4 is 5.73 Å². The van der Waals surface area contributed by atoms with Crippen molar-refractivity contribution in [3.05, 3.63) is 29.3 Å². The molecule has 0 aliphatic carbocycles. The maximum Gasteiger partial charge on any atom is 0.137 e. The van der Waals surface area contributed by atoms with Gasteiger partial charge in [0.25, 0.3) is 0 Å². The van der Waals surface area contributed by atoms with Crippen LogP contribution in [0.25, 0.3) is 0 Å². The molecule has 17 heavy (non-hydrogen) atoms. The van der Waals surface area contributed by atoms with Gasteiger partial charge in [0, 0.05) is 6.04 Å². The number of nitrogens with two attached hydrogens (primary N) is 1. The molecule has 1 rings (SSSR count). The standard InChI is InChI=1S/C13H19F2NS/c1-10-7-12(6-4-5-11(2)16)9-13(8-10)17(3,14)15/h3,7-9,11H,4-6,16H2,1-2H3/t11-/m0/s1. The first-order valence-corrected chi connectivity index (χ1v) is 7.15. The lowest BCUT2D eigenvalue weighted by Crippen LogP contribution is -2.14. The quantitative estimate of drug-likeness (QED) is 0.862. The highest BCUT2D eigenvalue weighted by Crippen LogP contribution is 2.45. The summed E-state index contributed by atoms with van der Waals surface area (Å²) in [6.07, 6.45) is 2.58. The summed E-state index contributed by atoms with van der Waals surface area (Å²) in [6.45, 7) is 3.75. The smallest absolute Gasteiger partial charge is 0.137 e. The van der Waals surface area contributed by atoms with Crippen molar-refractivity contribution in [2.24, 2.45) is 5.73 Å². The second-order valence-electron chi connectivity index (χ2n) is 4.53. The molecule has 0 bridgehead atoms. The van der Waals surface area contributed by atoms with Gasteiger partial charge in [-0.1, -0.05) is 11.8 Å². The van der Waals surface area contributed by atoms with E-state index in [1.807, 2.05) is 19.9 Å². The van der Waals surface area contributed by atoms with Crippen LogP contribution in [0.1, 0.15) is 30.9 Å². The lowest BCUT2D eigenvalue weighted by molar-refractivity contribution is 0.624. The van der Waals surface area contributed by atoms with Crippen LogP contribution in [0.3, 0.4) is 0 Å². The predicted octanol–water partition coefficient (Wildman–Crippen LogP) is 4.19. The van der Waals surface area contributed by atoms with E-state index in [1.165, 1.54) is 12.1 Å². The Morgan fingerprint density at radius 2 is 2.00 bits per heavy atom. The first kappa shape index (κ1) is 14.2. The Hall–Kier alpha value is -0.830. The van der Waals surface area contributed by atoms with Crippen molar-refractivity contribution in [2.45, 2.75) is 44.0 Å². The fraction of sp³-hybridized carbons (Fsp3) is 0.462. The molecule has 1 aromatic carbocycles. The summed E-state index contributed by atoms with van der Waals surface area (Å²) in [4.78, 5) is -0.0340. The van der Waals surface area contributed by atoms with Crippen molar-refractivity contribution >= 4 is 10.2 Å². The third-order valence-electron chi connectivity index (χ3n) is 2.55. The van der Waals surface area contributed by atoms with E-state index in [4.69, 9.17) is 11.4 Å². The average molecular weight is 259 g/mol. The molecule has 0 radical (unpaired) electrons. The van der Waals surface area contributed by atoms with E-state index < -0.39 is 10.2 Å². The van der Waals surface area contributed by atoms with Gasteiger partial charge in [0.05, 0.1) is 4.90 Å². The topological polar surface area (TPSA) is 26.0 Å². The molecule has 0 heterocycles. The summed E-state index contributed by atoms with van der Waals surface area (Å²) < 4.78 is 26.2. The molecular weight excluding hydrogens is 240 g/mol. The lowest BCUT2D eigenvalue weighted by atomic mass is 10.0. The van der Waals surface area contributed by atoms with E-state index in [0.29, 0.717) is 0 Å². The average Bonchev–Trinajstić information content (AvgIpc) is 2.14. The zero-order valence-electron chi connectivity index (χ0n) is 10.2. The summed E-state index contributed by atoms with van der Waals surface area (Å²) in [6, 6.07) is 5.06. The first-order valence-electron chi connectivity index (χ1n) is 5.65. The highest BCUT2D eigenvalue weighted by Gasteiger charge is 2.11. The van der Waals surface area contributed by atoms with Crippen molar-refractivity contribution < 1.29 is 7.77 Å². The van der Waals surface area contributed by atoms with Crippen LogP contribution in [0.15, 0.2) is 23.1 Å². The minimum absolute atomic E-state index is 0.0340. The van der Waals surface area contributed by atoms with Crippen LogP contribution in [0.5, 0.6) is 0 Å². The molecule has 0 aliphatic rings. The minimum atomic E-state index is -4.11. The van der Waals surface area contributed by atoms with Gasteiger partial charge in [0.1, 0.15) is 10.2 Å². The normalized spacial score (nSPS) is 13.6. The molecule has 4 heteroatoms. The van der Waals surface area contributed by atoms with E-state index >= 15 is 0 Å². The lowest BCUT2D eigenvalue weighted by Gasteiger charge is -2.10. The molecule has 0 aromatic heterocycles. The van der Waals surface area contributed by atoms with Gasteiger partial charge in [-0.25, -0.2) is 0 Å². The van der Waals surface area contributed by atoms with E-state index in [1.54, 1.807) is 0 Å². The fourth-order valence-corrected chi connectivity index (χ4v) is 2.41. The van der Waals surface area contributed by atoms with Gasteiger partial charge >= 0.3 is 0 Å². The number of aryl methyl sites for hydroxylation is 2. The van der Waals surface area contributed by atoms with Crippen LogP contribution in [0, 0.1) is 12.6 Å². The van der Waals surface area contributed by atoms with Gasteiger partial charge in [-0.05, 0) is 56.4 Å². The van der Waals surface area contributed by atoms with E-state index in [0.717, 1.165) is 30.4 Å². The van der Waals surface area contributed by atoms with Gasteiger partial charge in [-0.15, -0.1) is 7.77 Å². The Labute approximate surface area is 103 Å². The predicted molar refractivity (Wildman–Crippen MR) is 70.8 cm³/mol. The molecule has 0 fully saturated rings. The van der Waals surface area contributed by atoms with Crippen LogP contribution >= 0.6 is 10.2 Å². The Bertz CT molecular complexity index is 477. The molecule has 1 aromatic rings. The van der Waals surface area contributed by atoms with Crippen molar-refractivity contribution in [1.82, 2.24) is 0 Å². The maximum atomic E-state index is 13.1. The third-order valence-corrected chi connectivity index (χ3v) is 3.41. The highest BCUT2D eigenvalue weighted by molar-refractivity contribution is 8.15. The summed E-state index contributed by atoms with van der Waals surface area (Å²) in [5.74, 6) is 0. The van der Waals surface area contributed by atoms with Gasteiger partial charge in [-0.2, -0.15) is 0 Å². The number of halogens is 2. The minimum Gasteiger partial charge on any atom is -0.328 e. The summed E-state index contributed by atoms with van der Waals surface area (Å²) in [5, 5.41) is 0. The Balaban J connectivity index is 2.81. The molecule has 0 saturated heterocycles. The zero-order valence-corrected chi connectivity index (χ0v) is 11.1. The number of hydrogen-bond donors (Lipinski definition) is 1. The van der Waals surface area contributed by atoms with Crippen molar-refractivity contribution in [1.29, 1.82) is 0 Å². The van der Waals surface area contributed by atoms with Crippen LogP contribution in [-0.4, -0.2) is 6.04 Å². The van der Waals surface area contributed by atoms with Gasteiger partial charge in [0.15, 0.2) is 0 Å². The number of rotatable bonds is 4. The molecule has 2 N–H and O–H groups in total. The monoisotopic (exact) mass is 259 g/mol. The molecular formula is C13H19F2NS. The summed E-state index contributed by atoms with van der Waals surface area (Å²) in [5.41, 5.74) is 12.3. The molecule has 1 atom stereocenters. The van der Waals surface area contributed by atoms with Gasteiger partial charge in [-0.3, -0.25) is 0 Å². The largest absolute Gasteiger partial charge is 0.328 e. The third kappa shape index (κ3) is 4.90. The second-order valence-corrected chi connectivity index (χ2v) is 6.02. The SMILES string of the molecule is C#S(F)(F)c1cc(C)cc(CCC[C@H](C)N)c1. The molecule has 0 amide bonds. The Morgan fingerprint density at radius 1 is 1.35 bits per heavy atom. The van der Waals surface area contributed by atoms with Crippen LogP contribution in [0.2, 0.25) is 0 Å². The fourth-order valence-electron chi connectivity index (χ4n) is 1.75. The maximum absolute atomic E-state index is 13.1. The number of benzene rings is 1. The Kier molecular flexibility index (Phi) is 4.75. The second kappa shape index (κ2) is 5.67. The van der Waals surface area contributed by atoms with E-state index in [2.05, 4.69) is 0 Å². The first-order chi connectivity index (χ1) is 7.79. The van der Waals surface area contributed by atoms with Crippen molar-refractivity contribution in [2.75, 3.05) is 0 Å². The van der Waals surface area contributed by atoms with Crippen LogP contribution in [0.4, 0.5) is 7.77 Å². The molecule has 96 valence electrons. The molecule has 0 saturated carbocycles. The van der Waals surface area contributed by atoms with Crippen molar-refractivity contribution in [3.8, 4) is 5.69 Å². The van der Waals surface area contributed by atoms with E-state index in [-0.39, 0.29) is 10.9 Å². The summed E-state index contributed by atoms with van der Waals surface area (Å²) >= 11 is 0.